The molecule has 2 rings (SSSR count). The van der Waals surface area contributed by atoms with Gasteiger partial charge in [0.2, 0.25) is 5.91 Å². The maximum absolute atomic E-state index is 11.9. The van der Waals surface area contributed by atoms with Crippen LogP contribution >= 0.6 is 0 Å². The summed E-state index contributed by atoms with van der Waals surface area (Å²) in [5.41, 5.74) is 0.999. The van der Waals surface area contributed by atoms with Gasteiger partial charge in [-0.3, -0.25) is 14.4 Å². The number of fused-ring (bicyclic) bond motifs is 1. The van der Waals surface area contributed by atoms with Crippen LogP contribution in [0, 0.1) is 0 Å². The van der Waals surface area contributed by atoms with Crippen molar-refractivity contribution < 1.29 is 19.5 Å². The first-order valence-corrected chi connectivity index (χ1v) is 7.95. The number of carboxylic acid groups (broad SMARTS) is 1. The second kappa shape index (κ2) is 8.24. The third-order valence-corrected chi connectivity index (χ3v) is 3.92. The molecule has 0 saturated carbocycles. The summed E-state index contributed by atoms with van der Waals surface area (Å²) in [6.45, 7) is 1.45. The van der Waals surface area contributed by atoms with Crippen LogP contribution in [0.3, 0.4) is 0 Å². The van der Waals surface area contributed by atoms with E-state index in [9.17, 15) is 14.4 Å². The van der Waals surface area contributed by atoms with Crippen LogP contribution in [-0.4, -0.2) is 28.8 Å². The number of carboxylic acids is 1. The molecule has 1 atom stereocenters. The molecule has 126 valence electrons. The largest absolute Gasteiger partial charge is 0.481 e. The van der Waals surface area contributed by atoms with Crippen molar-refractivity contribution in [1.82, 2.24) is 5.32 Å². The fourth-order valence-corrected chi connectivity index (χ4v) is 2.65. The number of carbonyl (C=O) groups is 3. The average molecular weight is 327 g/mol. The Hall–Kier alpha value is -2.69. The maximum atomic E-state index is 11.9. The van der Waals surface area contributed by atoms with Gasteiger partial charge in [-0.25, -0.2) is 0 Å². The number of nitrogens with one attached hydrogen (secondary N) is 1. The van der Waals surface area contributed by atoms with Crippen LogP contribution in [-0.2, 0) is 20.8 Å². The Kier molecular flexibility index (Phi) is 6.07. The number of amides is 1. The fourth-order valence-electron chi connectivity index (χ4n) is 2.65. The Labute approximate surface area is 140 Å². The molecule has 0 bridgehead atoms. The molecule has 0 aromatic heterocycles. The monoisotopic (exact) mass is 327 g/mol. The lowest BCUT2D eigenvalue weighted by Gasteiger charge is -2.17. The predicted molar refractivity (Wildman–Crippen MR) is 91.8 cm³/mol. The summed E-state index contributed by atoms with van der Waals surface area (Å²) in [6.07, 6.45) is 0.731. The zero-order chi connectivity index (χ0) is 17.5. The van der Waals surface area contributed by atoms with Gasteiger partial charge in [-0.05, 0) is 29.7 Å². The Morgan fingerprint density at radius 1 is 1.04 bits per heavy atom. The summed E-state index contributed by atoms with van der Waals surface area (Å²) < 4.78 is 0. The normalized spacial score (nSPS) is 11.9. The van der Waals surface area contributed by atoms with Crippen molar-refractivity contribution in [3.8, 4) is 0 Å². The second-order valence-electron chi connectivity index (χ2n) is 5.82. The number of ketones is 1. The number of rotatable bonds is 8. The van der Waals surface area contributed by atoms with Gasteiger partial charge in [0.05, 0.1) is 6.04 Å². The summed E-state index contributed by atoms with van der Waals surface area (Å²) in [7, 11) is 0. The number of aliphatic carboxylic acids is 1. The summed E-state index contributed by atoms with van der Waals surface area (Å²) in [6, 6.07) is 13.2. The van der Waals surface area contributed by atoms with Crippen molar-refractivity contribution in [2.75, 3.05) is 0 Å². The van der Waals surface area contributed by atoms with E-state index in [4.69, 9.17) is 5.11 Å². The minimum Gasteiger partial charge on any atom is -0.481 e. The number of carbonyl (C=O) groups excluding carboxylic acids is 2. The fraction of sp³-hybridized carbons (Fsp3) is 0.316. The average Bonchev–Trinajstić information content (AvgIpc) is 2.54. The van der Waals surface area contributed by atoms with E-state index >= 15 is 0 Å². The molecule has 2 aromatic rings. The molecule has 0 fully saturated rings. The molecule has 0 aliphatic rings. The van der Waals surface area contributed by atoms with Crippen LogP contribution in [0.15, 0.2) is 42.5 Å². The first-order valence-electron chi connectivity index (χ1n) is 7.95. The molecule has 5 nitrogen and oxygen atoms in total. The first-order chi connectivity index (χ1) is 11.5. The Morgan fingerprint density at radius 3 is 2.46 bits per heavy atom. The third-order valence-electron chi connectivity index (χ3n) is 3.92. The van der Waals surface area contributed by atoms with E-state index in [1.807, 2.05) is 42.5 Å². The molecule has 0 spiro atoms. The van der Waals surface area contributed by atoms with E-state index < -0.39 is 12.0 Å². The van der Waals surface area contributed by atoms with E-state index in [1.54, 1.807) is 0 Å². The highest BCUT2D eigenvalue weighted by Crippen LogP contribution is 2.20. The van der Waals surface area contributed by atoms with Crippen molar-refractivity contribution in [2.24, 2.45) is 0 Å². The van der Waals surface area contributed by atoms with Crippen LogP contribution in [0.2, 0.25) is 0 Å². The van der Waals surface area contributed by atoms with Crippen LogP contribution in [0.5, 0.6) is 0 Å². The molecule has 24 heavy (non-hydrogen) atoms. The molecule has 2 N–H and O–H groups in total. The van der Waals surface area contributed by atoms with E-state index in [-0.39, 0.29) is 31.0 Å². The quantitative estimate of drug-likeness (QED) is 0.781. The highest BCUT2D eigenvalue weighted by molar-refractivity contribution is 5.90. The van der Waals surface area contributed by atoms with E-state index in [0.717, 1.165) is 16.3 Å². The van der Waals surface area contributed by atoms with Crippen LogP contribution < -0.4 is 5.32 Å². The van der Waals surface area contributed by atoms with Crippen LogP contribution in [0.4, 0.5) is 0 Å². The number of benzene rings is 2. The molecule has 1 unspecified atom stereocenters. The van der Waals surface area contributed by atoms with Crippen molar-refractivity contribution in [2.45, 2.75) is 38.6 Å². The molecule has 5 heteroatoms. The summed E-state index contributed by atoms with van der Waals surface area (Å²) in [4.78, 5) is 34.3. The van der Waals surface area contributed by atoms with E-state index in [1.165, 1.54) is 6.92 Å². The lowest BCUT2D eigenvalue weighted by molar-refractivity contribution is -0.137. The predicted octanol–water partition coefficient (Wildman–Crippen LogP) is 2.71. The van der Waals surface area contributed by atoms with Gasteiger partial charge < -0.3 is 10.4 Å². The standard InChI is InChI=1S/C19H21NO4/c1-13(21)17(20-18(22)10-5-11-19(23)24)12-15-8-4-7-14-6-2-3-9-16(14)15/h2-4,6-9,17H,5,10-12H2,1H3,(H,20,22)(H,23,24). The Balaban J connectivity index is 2.06. The van der Waals surface area contributed by atoms with Crippen LogP contribution in [0.1, 0.15) is 31.7 Å². The lowest BCUT2D eigenvalue weighted by Crippen LogP contribution is -2.41. The number of hydrogen-bond acceptors (Lipinski definition) is 3. The van der Waals surface area contributed by atoms with Crippen molar-refractivity contribution in [1.29, 1.82) is 0 Å². The molecule has 1 amide bonds. The minimum absolute atomic E-state index is 0.0541. The molecule has 0 aliphatic heterocycles. The molecule has 0 radical (unpaired) electrons. The molecule has 0 heterocycles. The SMILES string of the molecule is CC(=O)C(Cc1cccc2ccccc12)NC(=O)CCCC(=O)O. The first kappa shape index (κ1) is 17.7. The van der Waals surface area contributed by atoms with Crippen molar-refractivity contribution in [3.63, 3.8) is 0 Å². The summed E-state index contributed by atoms with van der Waals surface area (Å²) >= 11 is 0. The van der Waals surface area contributed by atoms with Gasteiger partial charge in [0.25, 0.3) is 0 Å². The van der Waals surface area contributed by atoms with E-state index in [0.29, 0.717) is 6.42 Å². The number of Topliss-reactive ketones (excluding diaryl/α,β-unsaturated/α-hetero) is 1. The Morgan fingerprint density at radius 2 is 1.75 bits per heavy atom. The molecular formula is C19H21NO4. The molecule has 2 aromatic carbocycles. The smallest absolute Gasteiger partial charge is 0.303 e. The Bertz CT molecular complexity index is 749. The van der Waals surface area contributed by atoms with Gasteiger partial charge in [-0.2, -0.15) is 0 Å². The molecular weight excluding hydrogens is 306 g/mol. The van der Waals surface area contributed by atoms with Crippen molar-refractivity contribution >= 4 is 28.4 Å². The van der Waals surface area contributed by atoms with Gasteiger partial charge in [0.15, 0.2) is 5.78 Å². The van der Waals surface area contributed by atoms with Gasteiger partial charge in [0, 0.05) is 19.3 Å². The summed E-state index contributed by atoms with van der Waals surface area (Å²) in [5, 5.41) is 13.5. The van der Waals surface area contributed by atoms with Crippen LogP contribution in [0.25, 0.3) is 10.8 Å². The molecule has 0 saturated heterocycles. The third kappa shape index (κ3) is 4.91. The van der Waals surface area contributed by atoms with Gasteiger partial charge in [0.1, 0.15) is 0 Å². The van der Waals surface area contributed by atoms with Gasteiger partial charge >= 0.3 is 5.97 Å². The van der Waals surface area contributed by atoms with Gasteiger partial charge in [-0.15, -0.1) is 0 Å². The van der Waals surface area contributed by atoms with Gasteiger partial charge in [-0.1, -0.05) is 42.5 Å². The lowest BCUT2D eigenvalue weighted by atomic mass is 9.97. The van der Waals surface area contributed by atoms with Crippen molar-refractivity contribution in [3.05, 3.63) is 48.0 Å². The van der Waals surface area contributed by atoms with E-state index in [2.05, 4.69) is 5.32 Å². The highest BCUT2D eigenvalue weighted by Gasteiger charge is 2.18. The molecule has 0 aliphatic carbocycles. The zero-order valence-electron chi connectivity index (χ0n) is 13.6. The zero-order valence-corrected chi connectivity index (χ0v) is 13.6. The maximum Gasteiger partial charge on any atom is 0.303 e. The number of hydrogen-bond donors (Lipinski definition) is 2. The minimum atomic E-state index is -0.929. The topological polar surface area (TPSA) is 83.5 Å². The summed E-state index contributed by atoms with van der Waals surface area (Å²) in [5.74, 6) is -1.34. The highest BCUT2D eigenvalue weighted by atomic mass is 16.4. The second-order valence-corrected chi connectivity index (χ2v) is 5.82.